The van der Waals surface area contributed by atoms with Crippen LogP contribution >= 0.6 is 0 Å². The van der Waals surface area contributed by atoms with E-state index in [0.29, 0.717) is 5.56 Å². The maximum Gasteiger partial charge on any atom is 0.253 e. The maximum absolute atomic E-state index is 12.7. The Morgan fingerprint density at radius 2 is 2.11 bits per heavy atom. The number of nitrogens with zero attached hydrogens (tertiary/aromatic N) is 2. The fraction of sp³-hybridized carbons (Fsp3) is 0.318. The Balaban J connectivity index is 1.75. The lowest BCUT2D eigenvalue weighted by atomic mass is 9.93. The summed E-state index contributed by atoms with van der Waals surface area (Å²) in [5.74, 6) is 0.878. The lowest BCUT2D eigenvalue weighted by Crippen LogP contribution is -2.42. The van der Waals surface area contributed by atoms with Gasteiger partial charge in [-0.25, -0.2) is 0 Å². The molecule has 27 heavy (non-hydrogen) atoms. The van der Waals surface area contributed by atoms with Crippen molar-refractivity contribution < 1.29 is 9.53 Å². The molecule has 0 bridgehead atoms. The highest BCUT2D eigenvalue weighted by molar-refractivity contribution is 5.97. The van der Waals surface area contributed by atoms with Gasteiger partial charge in [0.1, 0.15) is 5.75 Å². The summed E-state index contributed by atoms with van der Waals surface area (Å²) >= 11 is 0. The van der Waals surface area contributed by atoms with E-state index in [1.165, 1.54) is 5.57 Å². The van der Waals surface area contributed by atoms with Crippen LogP contribution in [-0.2, 0) is 0 Å². The third-order valence-corrected chi connectivity index (χ3v) is 5.20. The second-order valence-corrected chi connectivity index (χ2v) is 6.91. The van der Waals surface area contributed by atoms with Crippen molar-refractivity contribution in [2.24, 2.45) is 0 Å². The van der Waals surface area contributed by atoms with Gasteiger partial charge >= 0.3 is 0 Å². The average Bonchev–Trinajstić information content (AvgIpc) is 3.12. The van der Waals surface area contributed by atoms with Crippen LogP contribution in [0, 0.1) is 0 Å². The van der Waals surface area contributed by atoms with Gasteiger partial charge < -0.3 is 19.9 Å². The van der Waals surface area contributed by atoms with Crippen molar-refractivity contribution in [2.45, 2.75) is 13.3 Å². The van der Waals surface area contributed by atoms with Crippen molar-refractivity contribution in [2.75, 3.05) is 33.3 Å². The smallest absolute Gasteiger partial charge is 0.253 e. The van der Waals surface area contributed by atoms with Crippen LogP contribution in [0.5, 0.6) is 5.75 Å². The Morgan fingerprint density at radius 1 is 1.26 bits per heavy atom. The zero-order valence-corrected chi connectivity index (χ0v) is 15.9. The molecule has 5 heteroatoms. The van der Waals surface area contributed by atoms with E-state index in [4.69, 9.17) is 4.74 Å². The average molecular weight is 363 g/mol. The molecule has 0 saturated carbocycles. The number of carbonyl (C=O) groups is 1. The van der Waals surface area contributed by atoms with Gasteiger partial charge in [-0.3, -0.25) is 4.79 Å². The van der Waals surface area contributed by atoms with Gasteiger partial charge in [-0.2, -0.15) is 0 Å². The van der Waals surface area contributed by atoms with Crippen LogP contribution in [0.3, 0.4) is 0 Å². The topological polar surface area (TPSA) is 44.8 Å². The van der Waals surface area contributed by atoms with E-state index < -0.39 is 0 Å². The Labute approximate surface area is 160 Å². The van der Waals surface area contributed by atoms with Crippen LogP contribution in [0.1, 0.15) is 29.3 Å². The number of fused-ring (bicyclic) bond motifs is 1. The first-order valence-electron chi connectivity index (χ1n) is 9.44. The first kappa shape index (κ1) is 17.5. The molecule has 0 unspecified atom stereocenters. The van der Waals surface area contributed by atoms with Crippen molar-refractivity contribution in [3.05, 3.63) is 71.2 Å². The molecule has 0 atom stereocenters. The maximum atomic E-state index is 12.7. The number of amides is 1. The lowest BCUT2D eigenvalue weighted by molar-refractivity contribution is 0.0652. The van der Waals surface area contributed by atoms with Crippen LogP contribution in [0.15, 0.2) is 60.1 Å². The van der Waals surface area contributed by atoms with Crippen LogP contribution in [-0.4, -0.2) is 49.0 Å². The number of likely N-dealkylation sites (tertiary alicyclic amines) is 1. The van der Waals surface area contributed by atoms with Crippen molar-refractivity contribution >= 4 is 11.5 Å². The molecular formula is C22H25N3O2. The molecule has 3 aliphatic rings. The molecule has 1 N–H and O–H groups in total. The minimum atomic E-state index is 0.0987. The number of rotatable bonds is 5. The van der Waals surface area contributed by atoms with E-state index in [1.54, 1.807) is 7.11 Å². The molecule has 140 valence electrons. The highest BCUT2D eigenvalue weighted by Crippen LogP contribution is 2.38. The standard InChI is InChI=1S/C22H25N3O2/c1-3-4-10-24-14-19(17-8-9-23-20(17)15-24)18-13-16(6-7-21(18)27-2)22(26)25-11-5-12-25/h3-4,6-8,13-15,23H,5,9-12H2,1-2H3. The highest BCUT2D eigenvalue weighted by atomic mass is 16.5. The number of hydrogen-bond acceptors (Lipinski definition) is 4. The number of nitrogens with one attached hydrogen (secondary N) is 1. The molecule has 0 spiro atoms. The van der Waals surface area contributed by atoms with Gasteiger partial charge in [0.2, 0.25) is 0 Å². The third-order valence-electron chi connectivity index (χ3n) is 5.20. The van der Waals surface area contributed by atoms with E-state index in [1.807, 2.05) is 36.1 Å². The van der Waals surface area contributed by atoms with E-state index in [2.05, 4.69) is 34.8 Å². The highest BCUT2D eigenvalue weighted by Gasteiger charge is 2.27. The zero-order chi connectivity index (χ0) is 18.8. The molecule has 0 aromatic heterocycles. The monoisotopic (exact) mass is 363 g/mol. The summed E-state index contributed by atoms with van der Waals surface area (Å²) in [6, 6.07) is 5.74. The molecule has 1 amide bonds. The molecule has 3 heterocycles. The molecule has 4 rings (SSSR count). The van der Waals surface area contributed by atoms with Gasteiger partial charge in [-0.05, 0) is 31.5 Å². The Hall–Kier alpha value is -2.95. The first-order chi connectivity index (χ1) is 13.2. The van der Waals surface area contributed by atoms with Crippen molar-refractivity contribution in [3.8, 4) is 5.75 Å². The third kappa shape index (κ3) is 3.25. The Kier molecular flexibility index (Phi) is 4.75. The molecule has 5 nitrogen and oxygen atoms in total. The van der Waals surface area contributed by atoms with Gasteiger partial charge in [0.15, 0.2) is 0 Å². The molecule has 0 aliphatic carbocycles. The van der Waals surface area contributed by atoms with Crippen molar-refractivity contribution in [3.63, 3.8) is 0 Å². The summed E-state index contributed by atoms with van der Waals surface area (Å²) < 4.78 is 5.63. The fourth-order valence-corrected chi connectivity index (χ4v) is 3.58. The largest absolute Gasteiger partial charge is 0.496 e. The predicted octanol–water partition coefficient (Wildman–Crippen LogP) is 3.14. The summed E-state index contributed by atoms with van der Waals surface area (Å²) in [4.78, 5) is 16.7. The number of carbonyl (C=O) groups excluding carboxylic acids is 1. The van der Waals surface area contributed by atoms with E-state index >= 15 is 0 Å². The predicted molar refractivity (Wildman–Crippen MR) is 107 cm³/mol. The van der Waals surface area contributed by atoms with Crippen molar-refractivity contribution in [1.82, 2.24) is 15.1 Å². The molecule has 1 fully saturated rings. The van der Waals surface area contributed by atoms with Gasteiger partial charge in [0.25, 0.3) is 5.91 Å². The summed E-state index contributed by atoms with van der Waals surface area (Å²) in [5.41, 5.74) is 5.03. The SMILES string of the molecule is CC=CCN1C=C2NCC=C2C(c2cc(C(=O)N3CCC3)ccc2OC)=C1. The fourth-order valence-electron chi connectivity index (χ4n) is 3.58. The van der Waals surface area contributed by atoms with Crippen molar-refractivity contribution in [1.29, 1.82) is 0 Å². The Morgan fingerprint density at radius 3 is 2.81 bits per heavy atom. The summed E-state index contributed by atoms with van der Waals surface area (Å²) in [7, 11) is 1.68. The lowest BCUT2D eigenvalue weighted by Gasteiger charge is -2.31. The van der Waals surface area contributed by atoms with E-state index in [0.717, 1.165) is 55.2 Å². The number of benzene rings is 1. The normalized spacial score (nSPS) is 18.4. The second-order valence-electron chi connectivity index (χ2n) is 6.91. The summed E-state index contributed by atoms with van der Waals surface area (Å²) in [6.07, 6.45) is 11.7. The minimum absolute atomic E-state index is 0.0987. The molecule has 3 aliphatic heterocycles. The zero-order valence-electron chi connectivity index (χ0n) is 15.9. The van der Waals surface area contributed by atoms with Gasteiger partial charge in [-0.1, -0.05) is 18.2 Å². The first-order valence-corrected chi connectivity index (χ1v) is 9.44. The molecule has 1 aromatic carbocycles. The summed E-state index contributed by atoms with van der Waals surface area (Å²) in [6.45, 7) is 5.33. The molecular weight excluding hydrogens is 338 g/mol. The molecule has 1 saturated heterocycles. The van der Waals surface area contributed by atoms with Crippen LogP contribution in [0.2, 0.25) is 0 Å². The van der Waals surface area contributed by atoms with E-state index in [9.17, 15) is 4.79 Å². The molecule has 0 radical (unpaired) electrons. The van der Waals surface area contributed by atoms with Crippen LogP contribution in [0.25, 0.3) is 5.57 Å². The summed E-state index contributed by atoms with van der Waals surface area (Å²) in [5, 5.41) is 3.42. The van der Waals surface area contributed by atoms with Crippen LogP contribution in [0.4, 0.5) is 0 Å². The quantitative estimate of drug-likeness (QED) is 0.817. The van der Waals surface area contributed by atoms with Gasteiger partial charge in [0.05, 0.1) is 12.8 Å². The van der Waals surface area contributed by atoms with Gasteiger partial charge in [0, 0.05) is 60.9 Å². The number of allylic oxidation sites excluding steroid dienone is 2. The second kappa shape index (κ2) is 7.35. The Bertz CT molecular complexity index is 876. The number of methoxy groups -OCH3 is 1. The van der Waals surface area contributed by atoms with Crippen LogP contribution < -0.4 is 10.1 Å². The molecule has 1 aromatic rings. The van der Waals surface area contributed by atoms with Gasteiger partial charge in [-0.15, -0.1) is 0 Å². The van der Waals surface area contributed by atoms with E-state index in [-0.39, 0.29) is 5.91 Å². The minimum Gasteiger partial charge on any atom is -0.496 e. The number of hydrogen-bond donors (Lipinski definition) is 1. The number of ether oxygens (including phenoxy) is 1.